The second-order valence-electron chi connectivity index (χ2n) is 6.19. The van der Waals surface area contributed by atoms with Crippen molar-refractivity contribution in [3.8, 4) is 0 Å². The molecule has 0 amide bonds. The first-order valence-electron chi connectivity index (χ1n) is 8.13. The van der Waals surface area contributed by atoms with E-state index in [4.69, 9.17) is 0 Å². The van der Waals surface area contributed by atoms with Crippen LogP contribution in [0.3, 0.4) is 0 Å². The number of aliphatic hydroxyl groups is 1. The van der Waals surface area contributed by atoms with Gasteiger partial charge in [0.25, 0.3) is 0 Å². The van der Waals surface area contributed by atoms with Crippen molar-refractivity contribution in [3.05, 3.63) is 0 Å². The lowest BCUT2D eigenvalue weighted by molar-refractivity contribution is 0.0244. The molecule has 2 nitrogen and oxygen atoms in total. The van der Waals surface area contributed by atoms with Crippen molar-refractivity contribution in [2.75, 3.05) is 13.1 Å². The van der Waals surface area contributed by atoms with Gasteiger partial charge in [0.2, 0.25) is 0 Å². The quantitative estimate of drug-likeness (QED) is 0.645. The minimum Gasteiger partial charge on any atom is -0.389 e. The highest BCUT2D eigenvalue weighted by molar-refractivity contribution is 4.83. The Morgan fingerprint density at radius 2 is 1.78 bits per heavy atom. The Kier molecular flexibility index (Phi) is 7.92. The van der Waals surface area contributed by atoms with Crippen LogP contribution in [0, 0.1) is 5.92 Å². The van der Waals surface area contributed by atoms with Gasteiger partial charge < -0.3 is 10.4 Å². The van der Waals surface area contributed by atoms with Gasteiger partial charge in [-0.25, -0.2) is 0 Å². The maximum atomic E-state index is 10.6. The first-order valence-corrected chi connectivity index (χ1v) is 8.13. The van der Waals surface area contributed by atoms with E-state index in [-0.39, 0.29) is 0 Å². The van der Waals surface area contributed by atoms with E-state index in [2.05, 4.69) is 19.2 Å². The number of hydrogen-bond donors (Lipinski definition) is 2. The zero-order valence-corrected chi connectivity index (χ0v) is 12.5. The minimum absolute atomic E-state index is 0.417. The molecule has 18 heavy (non-hydrogen) atoms. The van der Waals surface area contributed by atoms with Crippen molar-refractivity contribution < 1.29 is 5.11 Å². The van der Waals surface area contributed by atoms with Gasteiger partial charge in [0.15, 0.2) is 0 Å². The summed E-state index contributed by atoms with van der Waals surface area (Å²) >= 11 is 0. The van der Waals surface area contributed by atoms with Crippen LogP contribution in [0.15, 0.2) is 0 Å². The van der Waals surface area contributed by atoms with Crippen LogP contribution in [0.5, 0.6) is 0 Å². The maximum absolute atomic E-state index is 10.6. The van der Waals surface area contributed by atoms with E-state index in [0.717, 1.165) is 31.8 Å². The molecule has 108 valence electrons. The van der Waals surface area contributed by atoms with Crippen LogP contribution in [0.1, 0.15) is 78.1 Å². The van der Waals surface area contributed by atoms with E-state index < -0.39 is 5.60 Å². The lowest BCUT2D eigenvalue weighted by atomic mass is 9.93. The lowest BCUT2D eigenvalue weighted by Gasteiger charge is -2.28. The van der Waals surface area contributed by atoms with E-state index >= 15 is 0 Å². The van der Waals surface area contributed by atoms with E-state index in [9.17, 15) is 5.11 Å². The molecule has 0 aromatic heterocycles. The lowest BCUT2D eigenvalue weighted by Crippen LogP contribution is -2.41. The standard InChI is InChI=1S/C16H33NO/c1-3-5-10-15(4-2)13-17-14-16(18)11-8-6-7-9-12-16/h15,17-18H,3-14H2,1-2H3. The van der Waals surface area contributed by atoms with Crippen molar-refractivity contribution in [2.45, 2.75) is 83.7 Å². The Bertz CT molecular complexity index is 197. The summed E-state index contributed by atoms with van der Waals surface area (Å²) in [7, 11) is 0. The highest BCUT2D eigenvalue weighted by Crippen LogP contribution is 2.26. The molecule has 0 spiro atoms. The van der Waals surface area contributed by atoms with Crippen LogP contribution < -0.4 is 5.32 Å². The topological polar surface area (TPSA) is 32.3 Å². The molecule has 0 aromatic carbocycles. The molecule has 0 aromatic rings. The van der Waals surface area contributed by atoms with Crippen LogP contribution in [0.2, 0.25) is 0 Å². The van der Waals surface area contributed by atoms with E-state index in [1.54, 1.807) is 0 Å². The summed E-state index contributed by atoms with van der Waals surface area (Å²) < 4.78 is 0. The zero-order chi connectivity index (χ0) is 13.3. The molecular formula is C16H33NO. The Morgan fingerprint density at radius 1 is 1.11 bits per heavy atom. The molecule has 0 heterocycles. The van der Waals surface area contributed by atoms with E-state index in [1.807, 2.05) is 0 Å². The third kappa shape index (κ3) is 6.19. The van der Waals surface area contributed by atoms with Gasteiger partial charge in [-0.15, -0.1) is 0 Å². The molecule has 1 rings (SSSR count). The van der Waals surface area contributed by atoms with Crippen LogP contribution in [-0.2, 0) is 0 Å². The smallest absolute Gasteiger partial charge is 0.0771 e. The summed E-state index contributed by atoms with van der Waals surface area (Å²) in [4.78, 5) is 0. The fourth-order valence-electron chi connectivity index (χ4n) is 3.02. The van der Waals surface area contributed by atoms with Crippen LogP contribution in [-0.4, -0.2) is 23.8 Å². The summed E-state index contributed by atoms with van der Waals surface area (Å²) in [6, 6.07) is 0. The van der Waals surface area contributed by atoms with Crippen molar-refractivity contribution in [3.63, 3.8) is 0 Å². The number of unbranched alkanes of at least 4 members (excludes halogenated alkanes) is 1. The maximum Gasteiger partial charge on any atom is 0.0771 e. The van der Waals surface area contributed by atoms with Gasteiger partial charge in [0.1, 0.15) is 0 Å². The highest BCUT2D eigenvalue weighted by Gasteiger charge is 2.27. The predicted octanol–water partition coefficient (Wildman–Crippen LogP) is 3.88. The Hall–Kier alpha value is -0.0800. The van der Waals surface area contributed by atoms with Gasteiger partial charge in [-0.3, -0.25) is 0 Å². The number of rotatable bonds is 8. The Balaban J connectivity index is 2.21. The normalized spacial score (nSPS) is 21.5. The summed E-state index contributed by atoms with van der Waals surface area (Å²) in [5, 5.41) is 14.1. The summed E-state index contributed by atoms with van der Waals surface area (Å²) in [5.74, 6) is 0.791. The van der Waals surface area contributed by atoms with E-state index in [1.165, 1.54) is 51.4 Å². The molecule has 0 aliphatic heterocycles. The highest BCUT2D eigenvalue weighted by atomic mass is 16.3. The molecule has 0 saturated heterocycles. The fourth-order valence-corrected chi connectivity index (χ4v) is 3.02. The molecular weight excluding hydrogens is 222 g/mol. The number of nitrogens with one attached hydrogen (secondary N) is 1. The molecule has 1 aliphatic carbocycles. The minimum atomic E-state index is -0.417. The van der Waals surface area contributed by atoms with Crippen molar-refractivity contribution in [1.29, 1.82) is 0 Å². The molecule has 1 unspecified atom stereocenters. The first-order chi connectivity index (χ1) is 8.70. The summed E-state index contributed by atoms with van der Waals surface area (Å²) in [6.45, 7) is 6.42. The van der Waals surface area contributed by atoms with Gasteiger partial charge in [-0.2, -0.15) is 0 Å². The second-order valence-corrected chi connectivity index (χ2v) is 6.19. The summed E-state index contributed by atoms with van der Waals surface area (Å²) in [5.41, 5.74) is -0.417. The van der Waals surface area contributed by atoms with Crippen LogP contribution in [0.4, 0.5) is 0 Å². The van der Waals surface area contributed by atoms with Gasteiger partial charge in [-0.05, 0) is 31.7 Å². The molecule has 0 radical (unpaired) electrons. The average Bonchev–Trinajstić information content (AvgIpc) is 2.59. The molecule has 2 N–H and O–H groups in total. The zero-order valence-electron chi connectivity index (χ0n) is 12.5. The largest absolute Gasteiger partial charge is 0.389 e. The Morgan fingerprint density at radius 3 is 2.33 bits per heavy atom. The monoisotopic (exact) mass is 255 g/mol. The number of hydrogen-bond acceptors (Lipinski definition) is 2. The average molecular weight is 255 g/mol. The van der Waals surface area contributed by atoms with Gasteiger partial charge in [0, 0.05) is 6.54 Å². The van der Waals surface area contributed by atoms with E-state index in [0.29, 0.717) is 0 Å². The van der Waals surface area contributed by atoms with Crippen molar-refractivity contribution >= 4 is 0 Å². The molecule has 1 atom stereocenters. The molecule has 1 fully saturated rings. The third-order valence-corrected chi connectivity index (χ3v) is 4.46. The molecule has 0 bridgehead atoms. The third-order valence-electron chi connectivity index (χ3n) is 4.46. The van der Waals surface area contributed by atoms with Gasteiger partial charge in [-0.1, -0.05) is 58.8 Å². The van der Waals surface area contributed by atoms with Crippen molar-refractivity contribution in [1.82, 2.24) is 5.32 Å². The van der Waals surface area contributed by atoms with Gasteiger partial charge >= 0.3 is 0 Å². The first kappa shape index (κ1) is 16.0. The van der Waals surface area contributed by atoms with Crippen molar-refractivity contribution in [2.24, 2.45) is 5.92 Å². The Labute approximate surface area is 114 Å². The molecule has 1 aliphatic rings. The SMILES string of the molecule is CCCCC(CC)CNCC1(O)CCCCCC1. The van der Waals surface area contributed by atoms with Crippen LogP contribution in [0.25, 0.3) is 0 Å². The molecule has 2 heteroatoms. The summed E-state index contributed by atoms with van der Waals surface area (Å²) in [6.07, 6.45) is 12.2. The fraction of sp³-hybridized carbons (Fsp3) is 1.00. The van der Waals surface area contributed by atoms with Crippen LogP contribution >= 0.6 is 0 Å². The second kappa shape index (κ2) is 8.92. The van der Waals surface area contributed by atoms with Gasteiger partial charge in [0.05, 0.1) is 5.60 Å². The predicted molar refractivity (Wildman–Crippen MR) is 78.8 cm³/mol. The molecule has 1 saturated carbocycles.